The molecule has 1 rings (SSSR count). The first-order valence-corrected chi connectivity index (χ1v) is 4.70. The maximum atomic E-state index is 5.61. The minimum atomic E-state index is 0.0538. The zero-order chi connectivity index (χ0) is 8.27. The smallest absolute Gasteiger partial charge is 0.133 e. The molecule has 0 bridgehead atoms. The van der Waals surface area contributed by atoms with E-state index in [9.17, 15) is 0 Å². The molecule has 66 valence electrons. The quantitative estimate of drug-likeness (QED) is 0.619. The second-order valence-corrected chi connectivity index (χ2v) is 3.40. The number of ether oxygens (including phenoxy) is 1. The summed E-state index contributed by atoms with van der Waals surface area (Å²) in [4.78, 5) is 0. The van der Waals surface area contributed by atoms with Crippen LogP contribution in [0.15, 0.2) is 0 Å². The molecule has 11 heavy (non-hydrogen) atoms. The molecule has 2 N–H and O–H groups in total. The highest BCUT2D eigenvalue weighted by Gasteiger charge is 2.40. The van der Waals surface area contributed by atoms with Crippen LogP contribution in [0.1, 0.15) is 39.5 Å². The Morgan fingerprint density at radius 1 is 1.27 bits per heavy atom. The van der Waals surface area contributed by atoms with Gasteiger partial charge >= 0.3 is 0 Å². The third kappa shape index (κ3) is 2.46. The molecule has 1 saturated heterocycles. The highest BCUT2D eigenvalue weighted by atomic mass is 16.6. The monoisotopic (exact) mass is 157 g/mol. The van der Waals surface area contributed by atoms with Gasteiger partial charge in [-0.3, -0.25) is 0 Å². The van der Waals surface area contributed by atoms with Crippen molar-refractivity contribution in [3.05, 3.63) is 0 Å². The fraction of sp³-hybridized carbons (Fsp3) is 1.00. The van der Waals surface area contributed by atoms with Gasteiger partial charge in [-0.15, -0.1) is 0 Å². The second kappa shape index (κ2) is 4.07. The number of hydrogen-bond donors (Lipinski definition) is 1. The molecule has 2 nitrogen and oxygen atoms in total. The molecule has 0 radical (unpaired) electrons. The molecule has 0 aliphatic carbocycles. The lowest BCUT2D eigenvalue weighted by Gasteiger charge is -2.10. The first-order valence-electron chi connectivity index (χ1n) is 4.70. The fourth-order valence-corrected chi connectivity index (χ4v) is 1.73. The van der Waals surface area contributed by atoms with Crippen LogP contribution in [0.25, 0.3) is 0 Å². The predicted octanol–water partition coefficient (Wildman–Crippen LogP) is 1.89. The zero-order valence-electron chi connectivity index (χ0n) is 7.55. The number of epoxide rings is 1. The third-order valence-electron chi connectivity index (χ3n) is 2.35. The van der Waals surface area contributed by atoms with Gasteiger partial charge in [-0.1, -0.05) is 26.7 Å². The van der Waals surface area contributed by atoms with E-state index in [1.165, 1.54) is 25.7 Å². The topological polar surface area (TPSA) is 38.5 Å². The van der Waals surface area contributed by atoms with Crippen LogP contribution in [0.5, 0.6) is 0 Å². The first-order chi connectivity index (χ1) is 5.29. The maximum absolute atomic E-state index is 5.61. The minimum absolute atomic E-state index is 0.0538. The van der Waals surface area contributed by atoms with Crippen LogP contribution in [0.4, 0.5) is 0 Å². The lowest BCUT2D eigenvalue weighted by molar-refractivity contribution is 0.292. The van der Waals surface area contributed by atoms with Gasteiger partial charge in [-0.25, -0.2) is 0 Å². The van der Waals surface area contributed by atoms with Crippen LogP contribution >= 0.6 is 0 Å². The van der Waals surface area contributed by atoms with Gasteiger partial charge in [0.15, 0.2) is 0 Å². The molecule has 0 saturated carbocycles. The van der Waals surface area contributed by atoms with Crippen molar-refractivity contribution in [1.29, 1.82) is 0 Å². The molecular weight excluding hydrogens is 138 g/mol. The summed E-state index contributed by atoms with van der Waals surface area (Å²) in [5.74, 6) is 0.722. The van der Waals surface area contributed by atoms with E-state index in [0.29, 0.717) is 6.10 Å². The highest BCUT2D eigenvalue weighted by Crippen LogP contribution is 2.31. The average molecular weight is 157 g/mol. The van der Waals surface area contributed by atoms with Crippen LogP contribution in [0, 0.1) is 5.92 Å². The molecule has 1 aliphatic rings. The Balaban J connectivity index is 2.22. The molecule has 0 aromatic carbocycles. The van der Waals surface area contributed by atoms with Gasteiger partial charge in [-0.2, -0.15) is 0 Å². The molecule has 1 aliphatic heterocycles. The molecule has 2 atom stereocenters. The van der Waals surface area contributed by atoms with Crippen LogP contribution in [-0.2, 0) is 4.74 Å². The Hall–Kier alpha value is -0.0800. The molecule has 1 heterocycles. The molecular formula is C9H19NO. The van der Waals surface area contributed by atoms with E-state index < -0.39 is 0 Å². The van der Waals surface area contributed by atoms with Gasteiger partial charge < -0.3 is 10.5 Å². The van der Waals surface area contributed by atoms with Crippen molar-refractivity contribution in [3.63, 3.8) is 0 Å². The average Bonchev–Trinajstić information content (AvgIpc) is 2.67. The Morgan fingerprint density at radius 2 is 1.73 bits per heavy atom. The van der Waals surface area contributed by atoms with Crippen molar-refractivity contribution in [1.82, 2.24) is 0 Å². The molecule has 0 aromatic rings. The Morgan fingerprint density at radius 3 is 2.00 bits per heavy atom. The Bertz CT molecular complexity index is 110. The van der Waals surface area contributed by atoms with Crippen LogP contribution < -0.4 is 5.73 Å². The van der Waals surface area contributed by atoms with Crippen molar-refractivity contribution >= 4 is 0 Å². The lowest BCUT2D eigenvalue weighted by atomic mass is 9.94. The van der Waals surface area contributed by atoms with Gasteiger partial charge in [-0.05, 0) is 18.8 Å². The molecule has 2 unspecified atom stereocenters. The summed E-state index contributed by atoms with van der Waals surface area (Å²) >= 11 is 0. The highest BCUT2D eigenvalue weighted by molar-refractivity contribution is 4.85. The Labute approximate surface area is 69.1 Å². The summed E-state index contributed by atoms with van der Waals surface area (Å²) in [5, 5.41) is 0. The van der Waals surface area contributed by atoms with E-state index in [-0.39, 0.29) is 6.23 Å². The second-order valence-electron chi connectivity index (χ2n) is 3.40. The summed E-state index contributed by atoms with van der Waals surface area (Å²) in [6.07, 6.45) is 5.47. The molecule has 2 heteroatoms. The van der Waals surface area contributed by atoms with Crippen LogP contribution in [0.3, 0.4) is 0 Å². The number of rotatable bonds is 5. The maximum Gasteiger partial charge on any atom is 0.133 e. The van der Waals surface area contributed by atoms with E-state index in [2.05, 4.69) is 13.8 Å². The summed E-state index contributed by atoms with van der Waals surface area (Å²) < 4.78 is 5.26. The molecule has 1 fully saturated rings. The van der Waals surface area contributed by atoms with Crippen molar-refractivity contribution in [2.45, 2.75) is 51.9 Å². The van der Waals surface area contributed by atoms with Crippen LogP contribution in [-0.4, -0.2) is 12.3 Å². The van der Waals surface area contributed by atoms with E-state index in [0.717, 1.165) is 5.92 Å². The summed E-state index contributed by atoms with van der Waals surface area (Å²) in [7, 11) is 0. The summed E-state index contributed by atoms with van der Waals surface area (Å²) in [5.41, 5.74) is 5.61. The van der Waals surface area contributed by atoms with Gasteiger partial charge in [0.2, 0.25) is 0 Å². The molecule has 0 amide bonds. The summed E-state index contributed by atoms with van der Waals surface area (Å²) in [6.45, 7) is 4.44. The van der Waals surface area contributed by atoms with E-state index >= 15 is 0 Å². The molecule has 0 aromatic heterocycles. The lowest BCUT2D eigenvalue weighted by Crippen LogP contribution is -2.15. The third-order valence-corrected chi connectivity index (χ3v) is 2.35. The van der Waals surface area contributed by atoms with E-state index in [4.69, 9.17) is 10.5 Å². The van der Waals surface area contributed by atoms with Crippen molar-refractivity contribution < 1.29 is 4.74 Å². The van der Waals surface area contributed by atoms with Gasteiger partial charge in [0.25, 0.3) is 0 Å². The first kappa shape index (κ1) is 9.01. The van der Waals surface area contributed by atoms with Crippen molar-refractivity contribution in [2.24, 2.45) is 11.7 Å². The fourth-order valence-electron chi connectivity index (χ4n) is 1.73. The largest absolute Gasteiger partial charge is 0.353 e. The van der Waals surface area contributed by atoms with Crippen molar-refractivity contribution in [2.75, 3.05) is 0 Å². The standard InChI is InChI=1S/C9H19NO/c1-3-5-7(6-4-2)8-9(10)11-8/h7-9H,3-6,10H2,1-2H3. The van der Waals surface area contributed by atoms with Gasteiger partial charge in [0.1, 0.15) is 12.3 Å². The van der Waals surface area contributed by atoms with Crippen molar-refractivity contribution in [3.8, 4) is 0 Å². The normalized spacial score (nSPS) is 29.5. The minimum Gasteiger partial charge on any atom is -0.353 e. The SMILES string of the molecule is CCCC(CCC)C1OC1N. The predicted molar refractivity (Wildman–Crippen MR) is 46.2 cm³/mol. The van der Waals surface area contributed by atoms with Gasteiger partial charge in [0.05, 0.1) is 0 Å². The van der Waals surface area contributed by atoms with E-state index in [1.54, 1.807) is 0 Å². The Kier molecular flexibility index (Phi) is 3.34. The van der Waals surface area contributed by atoms with Crippen LogP contribution in [0.2, 0.25) is 0 Å². The van der Waals surface area contributed by atoms with Gasteiger partial charge in [0, 0.05) is 0 Å². The summed E-state index contributed by atoms with van der Waals surface area (Å²) in [6, 6.07) is 0. The number of nitrogens with two attached hydrogens (primary N) is 1. The molecule has 0 spiro atoms. The zero-order valence-corrected chi connectivity index (χ0v) is 7.55. The van der Waals surface area contributed by atoms with E-state index in [1.807, 2.05) is 0 Å². The number of hydrogen-bond acceptors (Lipinski definition) is 2.